The van der Waals surface area contributed by atoms with Crippen LogP contribution in [-0.4, -0.2) is 39.3 Å². The molecule has 0 aliphatic heterocycles. The van der Waals surface area contributed by atoms with Gasteiger partial charge in [0.25, 0.3) is 0 Å². The van der Waals surface area contributed by atoms with Crippen molar-refractivity contribution in [3.8, 4) is 0 Å². The predicted molar refractivity (Wildman–Crippen MR) is 104 cm³/mol. The van der Waals surface area contributed by atoms with Gasteiger partial charge in [0.05, 0.1) is 0 Å². The third-order valence-corrected chi connectivity index (χ3v) is 4.32. The van der Waals surface area contributed by atoms with Crippen molar-refractivity contribution in [1.29, 1.82) is 0 Å². The van der Waals surface area contributed by atoms with E-state index in [1.165, 1.54) is 110 Å². The van der Waals surface area contributed by atoms with Gasteiger partial charge in [0.2, 0.25) is 0 Å². The SMILES string of the molecule is NCCCCCCNCCCCCCCNCCCCCCN. The Morgan fingerprint density at radius 3 is 0.913 bits per heavy atom. The van der Waals surface area contributed by atoms with Crippen molar-refractivity contribution in [2.24, 2.45) is 11.5 Å². The van der Waals surface area contributed by atoms with Gasteiger partial charge in [0.1, 0.15) is 0 Å². The van der Waals surface area contributed by atoms with Crippen molar-refractivity contribution in [3.05, 3.63) is 0 Å². The van der Waals surface area contributed by atoms with Crippen molar-refractivity contribution in [2.75, 3.05) is 39.3 Å². The molecule has 0 unspecified atom stereocenters. The molecule has 0 heterocycles. The first-order valence-corrected chi connectivity index (χ1v) is 10.2. The van der Waals surface area contributed by atoms with Crippen LogP contribution in [0.25, 0.3) is 0 Å². The van der Waals surface area contributed by atoms with E-state index < -0.39 is 0 Å². The van der Waals surface area contributed by atoms with Crippen LogP contribution in [0.2, 0.25) is 0 Å². The Labute approximate surface area is 145 Å². The molecule has 0 radical (unpaired) electrons. The van der Waals surface area contributed by atoms with Gasteiger partial charge in [-0.05, 0) is 77.8 Å². The Bertz CT molecular complexity index is 180. The van der Waals surface area contributed by atoms with Crippen molar-refractivity contribution >= 4 is 0 Å². The highest BCUT2D eigenvalue weighted by Gasteiger charge is 1.93. The Morgan fingerprint density at radius 1 is 0.348 bits per heavy atom. The maximum atomic E-state index is 5.48. The van der Waals surface area contributed by atoms with Gasteiger partial charge in [-0.25, -0.2) is 0 Å². The van der Waals surface area contributed by atoms with Gasteiger partial charge >= 0.3 is 0 Å². The van der Waals surface area contributed by atoms with E-state index in [-0.39, 0.29) is 0 Å². The fourth-order valence-electron chi connectivity index (χ4n) is 2.78. The van der Waals surface area contributed by atoms with Crippen LogP contribution >= 0.6 is 0 Å². The molecule has 0 aliphatic rings. The van der Waals surface area contributed by atoms with Crippen LogP contribution in [0.1, 0.15) is 83.5 Å². The minimum absolute atomic E-state index is 0.845. The van der Waals surface area contributed by atoms with Crippen LogP contribution in [0.5, 0.6) is 0 Å². The van der Waals surface area contributed by atoms with E-state index in [0.29, 0.717) is 0 Å². The number of nitrogens with two attached hydrogens (primary N) is 2. The summed E-state index contributed by atoms with van der Waals surface area (Å²) in [6, 6.07) is 0. The quantitative estimate of drug-likeness (QED) is 0.259. The van der Waals surface area contributed by atoms with E-state index in [1.807, 2.05) is 0 Å². The first-order valence-electron chi connectivity index (χ1n) is 10.2. The molecule has 0 aliphatic carbocycles. The lowest BCUT2D eigenvalue weighted by molar-refractivity contribution is 0.534. The zero-order valence-corrected chi connectivity index (χ0v) is 15.6. The molecule has 0 spiro atoms. The van der Waals surface area contributed by atoms with Crippen molar-refractivity contribution in [2.45, 2.75) is 83.5 Å². The van der Waals surface area contributed by atoms with Gasteiger partial charge < -0.3 is 22.1 Å². The topological polar surface area (TPSA) is 76.1 Å². The van der Waals surface area contributed by atoms with Gasteiger partial charge in [0, 0.05) is 0 Å². The molecule has 0 atom stereocenters. The Balaban J connectivity index is 2.92. The minimum Gasteiger partial charge on any atom is -0.330 e. The Hall–Kier alpha value is -0.160. The molecule has 4 nitrogen and oxygen atoms in total. The van der Waals surface area contributed by atoms with E-state index in [9.17, 15) is 0 Å². The third-order valence-electron chi connectivity index (χ3n) is 4.32. The van der Waals surface area contributed by atoms with Crippen LogP contribution in [0, 0.1) is 0 Å². The summed E-state index contributed by atoms with van der Waals surface area (Å²) in [6.45, 7) is 6.44. The molecule has 23 heavy (non-hydrogen) atoms. The first-order chi connectivity index (χ1) is 11.4. The van der Waals surface area contributed by atoms with Crippen molar-refractivity contribution < 1.29 is 0 Å². The van der Waals surface area contributed by atoms with E-state index in [0.717, 1.165) is 13.1 Å². The highest BCUT2D eigenvalue weighted by atomic mass is 14.8. The number of hydrogen-bond donors (Lipinski definition) is 4. The van der Waals surface area contributed by atoms with Gasteiger partial charge in [-0.1, -0.05) is 44.9 Å². The fraction of sp³-hybridized carbons (Fsp3) is 1.00. The molecule has 0 fully saturated rings. The fourth-order valence-corrected chi connectivity index (χ4v) is 2.78. The van der Waals surface area contributed by atoms with E-state index >= 15 is 0 Å². The predicted octanol–water partition coefficient (Wildman–Crippen LogP) is 3.15. The second-order valence-corrected chi connectivity index (χ2v) is 6.67. The van der Waals surface area contributed by atoms with Gasteiger partial charge in [0.15, 0.2) is 0 Å². The second kappa shape index (κ2) is 21.8. The number of rotatable bonds is 20. The molecular formula is C19H44N4. The molecule has 0 aromatic rings. The van der Waals surface area contributed by atoms with Crippen LogP contribution in [0.3, 0.4) is 0 Å². The zero-order chi connectivity index (χ0) is 16.8. The number of unbranched alkanes of at least 4 members (excludes halogenated alkanes) is 10. The van der Waals surface area contributed by atoms with Crippen LogP contribution in [0.4, 0.5) is 0 Å². The van der Waals surface area contributed by atoms with E-state index in [4.69, 9.17) is 11.5 Å². The first kappa shape index (κ1) is 22.8. The molecule has 4 heteroatoms. The monoisotopic (exact) mass is 328 g/mol. The maximum Gasteiger partial charge on any atom is -0.00489 e. The van der Waals surface area contributed by atoms with Crippen LogP contribution in [-0.2, 0) is 0 Å². The molecule has 0 saturated heterocycles. The highest BCUT2D eigenvalue weighted by molar-refractivity contribution is 4.53. The van der Waals surface area contributed by atoms with Crippen molar-refractivity contribution in [1.82, 2.24) is 10.6 Å². The van der Waals surface area contributed by atoms with E-state index in [1.54, 1.807) is 0 Å². The highest BCUT2D eigenvalue weighted by Crippen LogP contribution is 2.02. The smallest absolute Gasteiger partial charge is 0.00489 e. The Kier molecular flexibility index (Phi) is 21.7. The second-order valence-electron chi connectivity index (χ2n) is 6.67. The molecule has 0 amide bonds. The molecule has 0 aromatic heterocycles. The van der Waals surface area contributed by atoms with Crippen LogP contribution < -0.4 is 22.1 Å². The molecule has 0 rings (SSSR count). The summed E-state index contributed by atoms with van der Waals surface area (Å²) in [6.07, 6.45) is 17.0. The third kappa shape index (κ3) is 21.8. The van der Waals surface area contributed by atoms with Crippen LogP contribution in [0.15, 0.2) is 0 Å². The van der Waals surface area contributed by atoms with Gasteiger partial charge in [-0.15, -0.1) is 0 Å². The van der Waals surface area contributed by atoms with Crippen molar-refractivity contribution in [3.63, 3.8) is 0 Å². The van der Waals surface area contributed by atoms with Gasteiger partial charge in [-0.3, -0.25) is 0 Å². The molecule has 0 bridgehead atoms. The lowest BCUT2D eigenvalue weighted by Gasteiger charge is -2.06. The van der Waals surface area contributed by atoms with Gasteiger partial charge in [-0.2, -0.15) is 0 Å². The average Bonchev–Trinajstić information content (AvgIpc) is 2.57. The summed E-state index contributed by atoms with van der Waals surface area (Å²) in [5, 5.41) is 7.10. The number of nitrogens with one attached hydrogen (secondary N) is 2. The van der Waals surface area contributed by atoms with E-state index in [2.05, 4.69) is 10.6 Å². The normalized spacial score (nSPS) is 11.2. The maximum absolute atomic E-state index is 5.48. The molecule has 140 valence electrons. The minimum atomic E-state index is 0.845. The molecule has 6 N–H and O–H groups in total. The number of hydrogen-bond acceptors (Lipinski definition) is 4. The average molecular weight is 329 g/mol. The standard InChI is InChI=1S/C19H44N4/c20-14-8-2-6-12-18-22-16-10-4-1-5-11-17-23-19-13-7-3-9-15-21/h22-23H,1-21H2. The molecule has 0 saturated carbocycles. The molecular weight excluding hydrogens is 284 g/mol. The molecule has 0 aromatic carbocycles. The summed E-state index contributed by atoms with van der Waals surface area (Å²) in [5.41, 5.74) is 11.0. The summed E-state index contributed by atoms with van der Waals surface area (Å²) in [5.74, 6) is 0. The summed E-state index contributed by atoms with van der Waals surface area (Å²) >= 11 is 0. The zero-order valence-electron chi connectivity index (χ0n) is 15.6. The lowest BCUT2D eigenvalue weighted by Crippen LogP contribution is -2.17. The lowest BCUT2D eigenvalue weighted by atomic mass is 10.1. The summed E-state index contributed by atoms with van der Waals surface area (Å²) in [4.78, 5) is 0. The summed E-state index contributed by atoms with van der Waals surface area (Å²) in [7, 11) is 0. The summed E-state index contributed by atoms with van der Waals surface area (Å²) < 4.78 is 0. The Morgan fingerprint density at radius 2 is 0.609 bits per heavy atom. The largest absolute Gasteiger partial charge is 0.330 e.